The minimum atomic E-state index is -0.00448. The van der Waals surface area contributed by atoms with Crippen molar-refractivity contribution < 1.29 is 9.21 Å². The van der Waals surface area contributed by atoms with E-state index < -0.39 is 0 Å². The number of hydrogen-bond acceptors (Lipinski definition) is 5. The molecule has 0 aliphatic carbocycles. The van der Waals surface area contributed by atoms with E-state index in [-0.39, 0.29) is 18.0 Å². The third-order valence-corrected chi connectivity index (χ3v) is 8.49. The summed E-state index contributed by atoms with van der Waals surface area (Å²) in [6.07, 6.45) is 1.99. The first-order chi connectivity index (χ1) is 18.9. The Kier molecular flexibility index (Phi) is 8.43. The fourth-order valence-electron chi connectivity index (χ4n) is 6.59. The highest BCUT2D eigenvalue weighted by Crippen LogP contribution is 2.51. The van der Waals surface area contributed by atoms with Crippen molar-refractivity contribution >= 4 is 11.6 Å². The number of fused-ring (bicyclic) bond motifs is 3. The molecule has 0 radical (unpaired) electrons. The summed E-state index contributed by atoms with van der Waals surface area (Å²) in [5.41, 5.74) is 4.37. The van der Waals surface area contributed by atoms with Gasteiger partial charge in [-0.2, -0.15) is 0 Å². The molecule has 2 aliphatic heterocycles. The Balaban J connectivity index is 1.40. The molecule has 6 nitrogen and oxygen atoms in total. The summed E-state index contributed by atoms with van der Waals surface area (Å²) in [7, 11) is 0. The van der Waals surface area contributed by atoms with E-state index in [1.807, 2.05) is 6.07 Å². The van der Waals surface area contributed by atoms with Crippen molar-refractivity contribution in [3.05, 3.63) is 88.9 Å². The second kappa shape index (κ2) is 12.0. The summed E-state index contributed by atoms with van der Waals surface area (Å²) in [5.74, 6) is 2.44. The highest BCUT2D eigenvalue weighted by molar-refractivity contribution is 5.95. The number of nitrogens with one attached hydrogen (secondary N) is 2. The van der Waals surface area contributed by atoms with Gasteiger partial charge in [0.05, 0.1) is 12.6 Å². The van der Waals surface area contributed by atoms with E-state index in [1.165, 1.54) is 11.1 Å². The van der Waals surface area contributed by atoms with Crippen LogP contribution in [0.4, 0.5) is 5.69 Å². The molecule has 0 spiro atoms. The van der Waals surface area contributed by atoms with E-state index in [9.17, 15) is 4.79 Å². The van der Waals surface area contributed by atoms with Crippen molar-refractivity contribution in [3.63, 3.8) is 0 Å². The van der Waals surface area contributed by atoms with Crippen LogP contribution in [0.2, 0.25) is 0 Å². The number of furan rings is 1. The van der Waals surface area contributed by atoms with Gasteiger partial charge in [0.1, 0.15) is 11.5 Å². The molecule has 1 unspecified atom stereocenters. The lowest BCUT2D eigenvalue weighted by molar-refractivity contribution is 0.0939. The number of amides is 1. The van der Waals surface area contributed by atoms with Gasteiger partial charge in [-0.25, -0.2) is 0 Å². The molecule has 1 aromatic heterocycles. The maximum absolute atomic E-state index is 13.3. The molecule has 0 saturated carbocycles. The monoisotopic (exact) mass is 528 g/mol. The van der Waals surface area contributed by atoms with Crippen LogP contribution in [0.25, 0.3) is 0 Å². The van der Waals surface area contributed by atoms with Crippen LogP contribution >= 0.6 is 0 Å². The van der Waals surface area contributed by atoms with E-state index in [0.29, 0.717) is 24.5 Å². The van der Waals surface area contributed by atoms with Crippen LogP contribution in [-0.4, -0.2) is 47.4 Å². The van der Waals surface area contributed by atoms with Crippen LogP contribution in [-0.2, 0) is 13.0 Å². The molecule has 0 bridgehead atoms. The number of benzene rings is 2. The van der Waals surface area contributed by atoms with Crippen LogP contribution in [0.3, 0.4) is 0 Å². The van der Waals surface area contributed by atoms with Gasteiger partial charge in [0.2, 0.25) is 0 Å². The third kappa shape index (κ3) is 5.92. The lowest BCUT2D eigenvalue weighted by Gasteiger charge is -2.40. The molecule has 2 aromatic carbocycles. The van der Waals surface area contributed by atoms with Gasteiger partial charge in [0.15, 0.2) is 0 Å². The van der Waals surface area contributed by atoms with E-state index in [4.69, 9.17) is 4.42 Å². The van der Waals surface area contributed by atoms with Crippen LogP contribution in [0.1, 0.15) is 86.1 Å². The van der Waals surface area contributed by atoms with E-state index in [1.54, 1.807) is 0 Å². The van der Waals surface area contributed by atoms with E-state index in [0.717, 1.165) is 55.2 Å². The molecule has 6 heteroatoms. The topological polar surface area (TPSA) is 60.8 Å². The van der Waals surface area contributed by atoms with Gasteiger partial charge >= 0.3 is 0 Å². The maximum Gasteiger partial charge on any atom is 0.251 e. The molecular weight excluding hydrogens is 484 g/mol. The van der Waals surface area contributed by atoms with Gasteiger partial charge in [-0.15, -0.1) is 0 Å². The predicted molar refractivity (Wildman–Crippen MR) is 158 cm³/mol. The Hall–Kier alpha value is -3.09. The average Bonchev–Trinajstić information content (AvgIpc) is 3.58. The zero-order chi connectivity index (χ0) is 27.5. The second-order valence-electron chi connectivity index (χ2n) is 11.6. The summed E-state index contributed by atoms with van der Waals surface area (Å²) >= 11 is 0. The lowest BCUT2D eigenvalue weighted by Crippen LogP contribution is -2.42. The Morgan fingerprint density at radius 2 is 1.79 bits per heavy atom. The van der Waals surface area contributed by atoms with E-state index >= 15 is 0 Å². The molecule has 39 heavy (non-hydrogen) atoms. The molecular formula is C33H44N4O2. The zero-order valence-electron chi connectivity index (χ0n) is 24.1. The second-order valence-corrected chi connectivity index (χ2v) is 11.6. The number of carbonyl (C=O) groups is 1. The molecule has 208 valence electrons. The normalized spacial score (nSPS) is 20.8. The first-order valence-corrected chi connectivity index (χ1v) is 14.7. The number of aryl methyl sites for hydroxylation is 1. The molecule has 1 amide bonds. The molecule has 1 saturated heterocycles. The highest BCUT2D eigenvalue weighted by atomic mass is 16.3. The van der Waals surface area contributed by atoms with Gasteiger partial charge in [0.25, 0.3) is 5.91 Å². The lowest BCUT2D eigenvalue weighted by atomic mass is 9.79. The molecule has 5 rings (SSSR count). The standard InChI is InChI=1S/C33H44N4O2/c1-6-26-13-14-27(39-26)21-36-18-16-28-31(24-10-8-7-9-11-24)35-30-15-12-25(20-29(30)32(28)36)33(38)34-17-19-37(22(2)3)23(4)5/h7-15,20,22-23,28,31-32,35H,6,16-19,21H2,1-5H3,(H,34,38)/t28-,31?,32-/m0/s1. The number of hydrogen-bond donors (Lipinski definition) is 2. The summed E-state index contributed by atoms with van der Waals surface area (Å²) in [5, 5.41) is 7.01. The van der Waals surface area contributed by atoms with Crippen molar-refractivity contribution in [2.75, 3.05) is 25.0 Å². The minimum Gasteiger partial charge on any atom is -0.465 e. The quantitative estimate of drug-likeness (QED) is 0.318. The predicted octanol–water partition coefficient (Wildman–Crippen LogP) is 6.42. The van der Waals surface area contributed by atoms with Gasteiger partial charge in [-0.05, 0) is 82.1 Å². The van der Waals surface area contributed by atoms with Crippen molar-refractivity contribution in [1.29, 1.82) is 0 Å². The molecule has 3 aromatic rings. The SMILES string of the molecule is CCc1ccc(CN2CC[C@H]3C(c4ccccc4)Nc4ccc(C(=O)NCCN(C(C)C)C(C)C)cc4[C@H]32)o1. The zero-order valence-corrected chi connectivity index (χ0v) is 24.1. The van der Waals surface area contributed by atoms with Crippen LogP contribution in [0.5, 0.6) is 0 Å². The van der Waals surface area contributed by atoms with Gasteiger partial charge < -0.3 is 15.1 Å². The van der Waals surface area contributed by atoms with Crippen molar-refractivity contribution in [2.45, 2.75) is 78.2 Å². The van der Waals surface area contributed by atoms with Crippen LogP contribution in [0, 0.1) is 5.92 Å². The summed E-state index contributed by atoms with van der Waals surface area (Å²) in [6.45, 7) is 14.2. The van der Waals surface area contributed by atoms with Crippen molar-refractivity contribution in [2.24, 2.45) is 5.92 Å². The number of nitrogens with zero attached hydrogens (tertiary/aromatic N) is 2. The first kappa shape index (κ1) is 27.5. The number of rotatable bonds is 10. The molecule has 2 aliphatic rings. The third-order valence-electron chi connectivity index (χ3n) is 8.49. The fourth-order valence-corrected chi connectivity index (χ4v) is 6.59. The largest absolute Gasteiger partial charge is 0.465 e. The summed E-state index contributed by atoms with van der Waals surface area (Å²) in [6, 6.07) is 22.5. The summed E-state index contributed by atoms with van der Waals surface area (Å²) in [4.78, 5) is 18.2. The number of anilines is 1. The summed E-state index contributed by atoms with van der Waals surface area (Å²) < 4.78 is 6.11. The molecule has 2 N–H and O–H groups in total. The maximum atomic E-state index is 13.3. The molecule has 3 heterocycles. The van der Waals surface area contributed by atoms with Crippen molar-refractivity contribution in [3.8, 4) is 0 Å². The van der Waals surface area contributed by atoms with Gasteiger partial charge in [0, 0.05) is 54.8 Å². The number of carbonyl (C=O) groups excluding carboxylic acids is 1. The Morgan fingerprint density at radius 3 is 2.49 bits per heavy atom. The highest BCUT2D eigenvalue weighted by Gasteiger charge is 2.45. The number of likely N-dealkylation sites (tertiary alicyclic amines) is 1. The minimum absolute atomic E-state index is 0.00448. The van der Waals surface area contributed by atoms with Crippen LogP contribution < -0.4 is 10.6 Å². The smallest absolute Gasteiger partial charge is 0.251 e. The molecule has 3 atom stereocenters. The first-order valence-electron chi connectivity index (χ1n) is 14.7. The molecule has 1 fully saturated rings. The van der Waals surface area contributed by atoms with Crippen LogP contribution in [0.15, 0.2) is 65.1 Å². The fraction of sp³-hybridized carbons (Fsp3) is 0.485. The van der Waals surface area contributed by atoms with Gasteiger partial charge in [-0.1, -0.05) is 37.3 Å². The van der Waals surface area contributed by atoms with Gasteiger partial charge in [-0.3, -0.25) is 14.6 Å². The average molecular weight is 529 g/mol. The Labute approximate surface area is 233 Å². The van der Waals surface area contributed by atoms with Crippen molar-refractivity contribution in [1.82, 2.24) is 15.1 Å². The van der Waals surface area contributed by atoms with E-state index in [2.05, 4.69) is 110 Å². The Bertz CT molecular complexity index is 1240. The Morgan fingerprint density at radius 1 is 1.05 bits per heavy atom.